The van der Waals surface area contributed by atoms with Crippen molar-refractivity contribution in [3.63, 3.8) is 0 Å². The third-order valence-corrected chi connectivity index (χ3v) is 5.97. The Bertz CT molecular complexity index is 559. The summed E-state index contributed by atoms with van der Waals surface area (Å²) in [4.78, 5) is 2.71. The first-order valence-electron chi connectivity index (χ1n) is 9.31. The van der Waals surface area contributed by atoms with Crippen LogP contribution in [-0.4, -0.2) is 42.3 Å². The molecule has 0 N–H and O–H groups in total. The highest BCUT2D eigenvalue weighted by Gasteiger charge is 2.28. The predicted octanol–water partition coefficient (Wildman–Crippen LogP) is 4.23. The molecule has 4 rings (SSSR count). The monoisotopic (exact) mass is 330 g/mol. The van der Waals surface area contributed by atoms with Crippen LogP contribution in [0.25, 0.3) is 5.57 Å². The van der Waals surface area contributed by atoms with Gasteiger partial charge in [-0.05, 0) is 48.3 Å². The maximum atomic E-state index is 2.86. The molecule has 1 unspecified atom stereocenters. The zero-order valence-corrected chi connectivity index (χ0v) is 15.9. The van der Waals surface area contributed by atoms with Crippen molar-refractivity contribution in [2.24, 2.45) is 5.92 Å². The minimum Gasteiger partial charge on any atom is -0.298 e. The largest absolute Gasteiger partial charge is 0.298 e. The van der Waals surface area contributed by atoms with E-state index in [2.05, 4.69) is 43.2 Å². The number of hydrogen-bond acceptors (Lipinski definition) is 2. The van der Waals surface area contributed by atoms with Gasteiger partial charge < -0.3 is 0 Å². The van der Waals surface area contributed by atoms with Gasteiger partial charge in [-0.3, -0.25) is 9.57 Å². The summed E-state index contributed by atoms with van der Waals surface area (Å²) in [5.74, 6) is 0.903. The molecule has 2 nitrogen and oxygen atoms in total. The Morgan fingerprint density at radius 1 is 1.09 bits per heavy atom. The van der Waals surface area contributed by atoms with Crippen molar-refractivity contribution in [1.82, 2.24) is 9.57 Å². The van der Waals surface area contributed by atoms with Crippen LogP contribution in [0, 0.1) is 5.92 Å². The van der Waals surface area contributed by atoms with Gasteiger partial charge in [0.15, 0.2) is 0 Å². The summed E-state index contributed by atoms with van der Waals surface area (Å²) in [7, 11) is 2.86. The van der Waals surface area contributed by atoms with Gasteiger partial charge in [0, 0.05) is 32.7 Å². The second-order valence-corrected chi connectivity index (χ2v) is 7.61. The molecule has 3 heteroatoms. The number of fused-ring (bicyclic) bond motifs is 2. The maximum Gasteiger partial charge on any atom is 0.0239 e. The van der Waals surface area contributed by atoms with E-state index >= 15 is 0 Å². The molecule has 1 aromatic carbocycles. The van der Waals surface area contributed by atoms with E-state index in [9.17, 15) is 0 Å². The smallest absolute Gasteiger partial charge is 0.0239 e. The fraction of sp³-hybridized carbons (Fsp3) is 0.600. The lowest BCUT2D eigenvalue weighted by atomic mass is 9.94. The second-order valence-electron chi connectivity index (χ2n) is 6.88. The zero-order valence-electron chi connectivity index (χ0n) is 14.7. The molecule has 1 aromatic rings. The van der Waals surface area contributed by atoms with Crippen LogP contribution in [0.15, 0.2) is 29.8 Å². The van der Waals surface area contributed by atoms with E-state index in [1.54, 1.807) is 16.7 Å². The normalized spacial score (nSPS) is 22.4. The molecule has 1 fully saturated rings. The number of piperidine rings is 1. The van der Waals surface area contributed by atoms with Crippen molar-refractivity contribution in [3.05, 3.63) is 41.0 Å². The first-order valence-corrected chi connectivity index (χ1v) is 9.82. The van der Waals surface area contributed by atoms with Gasteiger partial charge in [0.25, 0.3) is 0 Å². The quantitative estimate of drug-likeness (QED) is 0.749. The van der Waals surface area contributed by atoms with Gasteiger partial charge in [0.1, 0.15) is 0 Å². The lowest BCUT2D eigenvalue weighted by Gasteiger charge is -2.35. The molecule has 0 bridgehead atoms. The van der Waals surface area contributed by atoms with Gasteiger partial charge >= 0.3 is 0 Å². The molecule has 2 heterocycles. The standard InChI is InChI=1S/C18H25N2P.C2H6/c21-20-9-5-14(6-10-20)12-19-8-7-16-11-15-3-1-2-4-17(15)18(16)13-19;1-2/h1-4,14H,5-13,21H2;1-2H3. The van der Waals surface area contributed by atoms with Gasteiger partial charge in [-0.1, -0.05) is 53.1 Å². The first kappa shape index (κ1) is 17.1. The van der Waals surface area contributed by atoms with Crippen LogP contribution in [0.3, 0.4) is 0 Å². The van der Waals surface area contributed by atoms with Crippen molar-refractivity contribution < 1.29 is 0 Å². The fourth-order valence-corrected chi connectivity index (χ4v) is 4.48. The third-order valence-electron chi connectivity index (χ3n) is 5.45. The Hall–Kier alpha value is -0.690. The summed E-state index contributed by atoms with van der Waals surface area (Å²) in [5.41, 5.74) is 6.46. The minimum absolute atomic E-state index is 0.903. The average Bonchev–Trinajstić information content (AvgIpc) is 2.97. The summed E-state index contributed by atoms with van der Waals surface area (Å²) in [5, 5.41) is 0. The van der Waals surface area contributed by atoms with Crippen LogP contribution < -0.4 is 0 Å². The summed E-state index contributed by atoms with van der Waals surface area (Å²) in [6.07, 6.45) is 5.22. The average molecular weight is 330 g/mol. The van der Waals surface area contributed by atoms with Gasteiger partial charge in [0.2, 0.25) is 0 Å². The molecule has 0 amide bonds. The van der Waals surface area contributed by atoms with Gasteiger partial charge in [-0.15, -0.1) is 0 Å². The van der Waals surface area contributed by atoms with E-state index in [0.29, 0.717) is 0 Å². The molecule has 0 aromatic heterocycles. The molecular formula is C20H31N2P. The van der Waals surface area contributed by atoms with Crippen LogP contribution >= 0.6 is 9.39 Å². The van der Waals surface area contributed by atoms with Crippen molar-refractivity contribution in [2.75, 3.05) is 32.7 Å². The molecular weight excluding hydrogens is 299 g/mol. The molecule has 23 heavy (non-hydrogen) atoms. The van der Waals surface area contributed by atoms with Gasteiger partial charge in [0.05, 0.1) is 0 Å². The Morgan fingerprint density at radius 3 is 2.61 bits per heavy atom. The van der Waals surface area contributed by atoms with Crippen molar-refractivity contribution in [2.45, 2.75) is 39.5 Å². The molecule has 0 radical (unpaired) electrons. The topological polar surface area (TPSA) is 6.48 Å². The molecule has 1 aliphatic carbocycles. The van der Waals surface area contributed by atoms with Gasteiger partial charge in [-0.25, -0.2) is 0 Å². The van der Waals surface area contributed by atoms with Crippen LogP contribution in [0.1, 0.15) is 44.2 Å². The lowest BCUT2D eigenvalue weighted by molar-refractivity contribution is 0.198. The van der Waals surface area contributed by atoms with Crippen molar-refractivity contribution in [3.8, 4) is 0 Å². The molecule has 3 aliphatic rings. The summed E-state index contributed by atoms with van der Waals surface area (Å²) in [6, 6.07) is 9.02. The molecule has 126 valence electrons. The first-order chi connectivity index (χ1) is 11.3. The predicted molar refractivity (Wildman–Crippen MR) is 103 cm³/mol. The van der Waals surface area contributed by atoms with E-state index in [1.165, 1.54) is 64.0 Å². The zero-order chi connectivity index (χ0) is 16.2. The number of nitrogens with zero attached hydrogens (tertiary/aromatic N) is 2. The molecule has 0 saturated carbocycles. The number of benzene rings is 1. The highest BCUT2D eigenvalue weighted by molar-refractivity contribution is 7.13. The van der Waals surface area contributed by atoms with E-state index in [1.807, 2.05) is 13.8 Å². The van der Waals surface area contributed by atoms with Crippen LogP contribution in [0.5, 0.6) is 0 Å². The Labute approximate surface area is 144 Å². The Balaban J connectivity index is 0.000000753. The van der Waals surface area contributed by atoms with Crippen LogP contribution in [0.2, 0.25) is 0 Å². The van der Waals surface area contributed by atoms with E-state index < -0.39 is 0 Å². The van der Waals surface area contributed by atoms with Crippen molar-refractivity contribution >= 4 is 15.0 Å². The Kier molecular flexibility index (Phi) is 5.91. The summed E-state index contributed by atoms with van der Waals surface area (Å²) >= 11 is 0. The number of rotatable bonds is 2. The van der Waals surface area contributed by atoms with E-state index in [4.69, 9.17) is 0 Å². The molecule has 2 aliphatic heterocycles. The van der Waals surface area contributed by atoms with E-state index in [0.717, 1.165) is 5.92 Å². The summed E-state index contributed by atoms with van der Waals surface area (Å²) in [6.45, 7) is 10.3. The van der Waals surface area contributed by atoms with Crippen LogP contribution in [0.4, 0.5) is 0 Å². The van der Waals surface area contributed by atoms with Gasteiger partial charge in [-0.2, -0.15) is 0 Å². The second kappa shape index (κ2) is 7.92. The highest BCUT2D eigenvalue weighted by Crippen LogP contribution is 2.37. The van der Waals surface area contributed by atoms with E-state index in [-0.39, 0.29) is 0 Å². The lowest BCUT2D eigenvalue weighted by Crippen LogP contribution is -2.38. The Morgan fingerprint density at radius 2 is 1.83 bits per heavy atom. The third kappa shape index (κ3) is 3.87. The maximum absolute atomic E-state index is 2.86. The highest BCUT2D eigenvalue weighted by atomic mass is 31.0. The molecule has 1 atom stereocenters. The minimum atomic E-state index is 0.903. The van der Waals surface area contributed by atoms with Crippen molar-refractivity contribution in [1.29, 1.82) is 0 Å². The molecule has 0 spiro atoms. The number of hydrogen-bond donors (Lipinski definition) is 0. The SMILES string of the molecule is CC.PN1CCC(CN2CCC3=C(C2)c2ccccc2C3)CC1. The molecule has 1 saturated heterocycles. The summed E-state index contributed by atoms with van der Waals surface area (Å²) < 4.78 is 2.39. The van der Waals surface area contributed by atoms with Crippen LogP contribution in [-0.2, 0) is 6.42 Å². The fourth-order valence-electron chi connectivity index (χ4n) is 4.18.